The second-order valence-electron chi connectivity index (χ2n) is 7.11. The van der Waals surface area contributed by atoms with Gasteiger partial charge in [0.2, 0.25) is 5.91 Å². The van der Waals surface area contributed by atoms with Crippen LogP contribution in [0.2, 0.25) is 0 Å². The van der Waals surface area contributed by atoms with Crippen LogP contribution in [0.15, 0.2) is 11.4 Å². The Hall–Kier alpha value is -0.950. The van der Waals surface area contributed by atoms with Crippen LogP contribution in [-0.2, 0) is 22.5 Å². The first kappa shape index (κ1) is 17.9. The van der Waals surface area contributed by atoms with Crippen LogP contribution in [0.25, 0.3) is 0 Å². The van der Waals surface area contributed by atoms with E-state index in [9.17, 15) is 4.79 Å². The molecule has 0 spiro atoms. The van der Waals surface area contributed by atoms with Gasteiger partial charge in [0.25, 0.3) is 0 Å². The van der Waals surface area contributed by atoms with E-state index in [0.29, 0.717) is 19.2 Å². The first-order chi connectivity index (χ1) is 11.6. The van der Waals surface area contributed by atoms with Crippen LogP contribution in [0, 0.1) is 5.41 Å². The molecule has 134 valence electrons. The highest BCUT2D eigenvalue weighted by Gasteiger charge is 2.39. The molecule has 0 aromatic carbocycles. The summed E-state index contributed by atoms with van der Waals surface area (Å²) in [5.74, 6) is 0.158. The van der Waals surface area contributed by atoms with E-state index in [0.717, 1.165) is 45.4 Å². The summed E-state index contributed by atoms with van der Waals surface area (Å²) in [6.45, 7) is 7.29. The molecule has 1 unspecified atom stereocenters. The summed E-state index contributed by atoms with van der Waals surface area (Å²) < 4.78 is 5.36. The molecular formula is C18H29N3O2S. The summed E-state index contributed by atoms with van der Waals surface area (Å²) in [6.07, 6.45) is 2.83. The number of ether oxygens (including phenoxy) is 1. The molecule has 1 aromatic heterocycles. The van der Waals surface area contributed by atoms with Crippen molar-refractivity contribution >= 4 is 17.2 Å². The zero-order valence-corrected chi connectivity index (χ0v) is 15.6. The molecule has 1 aromatic rings. The van der Waals surface area contributed by atoms with Crippen LogP contribution in [0.1, 0.15) is 30.2 Å². The molecule has 6 heteroatoms. The minimum Gasteiger partial charge on any atom is -0.384 e. The maximum absolute atomic E-state index is 12.8. The van der Waals surface area contributed by atoms with Crippen LogP contribution in [0.3, 0.4) is 0 Å². The Kier molecular flexibility index (Phi) is 5.92. The third kappa shape index (κ3) is 3.82. The number of nitrogens with zero attached hydrogens (tertiary/aromatic N) is 1. The van der Waals surface area contributed by atoms with E-state index >= 15 is 0 Å². The van der Waals surface area contributed by atoms with E-state index in [-0.39, 0.29) is 11.3 Å². The molecule has 1 amide bonds. The molecule has 0 radical (unpaired) electrons. The predicted molar refractivity (Wildman–Crippen MR) is 97.3 cm³/mol. The van der Waals surface area contributed by atoms with Gasteiger partial charge in [0.05, 0.1) is 12.0 Å². The van der Waals surface area contributed by atoms with Crippen LogP contribution in [0.4, 0.5) is 0 Å². The van der Waals surface area contributed by atoms with Gasteiger partial charge in [-0.2, -0.15) is 0 Å². The Bertz CT molecular complexity index is 549. The molecule has 0 aliphatic carbocycles. The minimum atomic E-state index is -0.359. The molecular weight excluding hydrogens is 322 g/mol. The molecule has 2 aliphatic rings. The largest absolute Gasteiger partial charge is 0.384 e. The molecule has 1 saturated heterocycles. The van der Waals surface area contributed by atoms with E-state index in [1.54, 1.807) is 7.11 Å². The van der Waals surface area contributed by atoms with Crippen molar-refractivity contribution in [3.8, 4) is 0 Å². The maximum atomic E-state index is 12.8. The van der Waals surface area contributed by atoms with E-state index in [1.165, 1.54) is 10.4 Å². The topological polar surface area (TPSA) is 53.6 Å². The van der Waals surface area contributed by atoms with Gasteiger partial charge in [0, 0.05) is 37.7 Å². The number of hydrogen-bond donors (Lipinski definition) is 2. The lowest BCUT2D eigenvalue weighted by Gasteiger charge is -2.37. The summed E-state index contributed by atoms with van der Waals surface area (Å²) in [5, 5.41) is 8.73. The number of carbonyl (C=O) groups is 1. The van der Waals surface area contributed by atoms with Crippen LogP contribution >= 0.6 is 11.3 Å². The maximum Gasteiger partial charge on any atom is 0.228 e. The van der Waals surface area contributed by atoms with Crippen LogP contribution < -0.4 is 10.6 Å². The van der Waals surface area contributed by atoms with Crippen molar-refractivity contribution in [2.75, 3.05) is 39.9 Å². The molecule has 2 aliphatic heterocycles. The number of hydrogen-bond acceptors (Lipinski definition) is 5. The third-order valence-corrected chi connectivity index (χ3v) is 6.50. The number of piperidine rings is 1. The number of thiophene rings is 1. The van der Waals surface area contributed by atoms with Crippen molar-refractivity contribution in [3.05, 3.63) is 21.9 Å². The Morgan fingerprint density at radius 3 is 3.04 bits per heavy atom. The fourth-order valence-corrected chi connectivity index (χ4v) is 4.71. The Morgan fingerprint density at radius 2 is 2.29 bits per heavy atom. The van der Waals surface area contributed by atoms with Crippen LogP contribution in [0.5, 0.6) is 0 Å². The second-order valence-corrected chi connectivity index (χ2v) is 8.11. The van der Waals surface area contributed by atoms with Gasteiger partial charge in [-0.05, 0) is 56.3 Å². The number of nitrogens with one attached hydrogen (secondary N) is 2. The van der Waals surface area contributed by atoms with E-state index in [1.807, 2.05) is 11.3 Å². The van der Waals surface area contributed by atoms with Gasteiger partial charge in [-0.3, -0.25) is 9.69 Å². The number of amides is 1. The lowest BCUT2D eigenvalue weighted by Crippen LogP contribution is -2.52. The fourth-order valence-electron chi connectivity index (χ4n) is 3.82. The molecule has 2 N–H and O–H groups in total. The molecule has 3 rings (SSSR count). The van der Waals surface area contributed by atoms with Crippen molar-refractivity contribution in [2.45, 2.75) is 38.8 Å². The van der Waals surface area contributed by atoms with Gasteiger partial charge in [0.15, 0.2) is 0 Å². The highest BCUT2D eigenvalue weighted by Crippen LogP contribution is 2.29. The summed E-state index contributed by atoms with van der Waals surface area (Å²) in [5.41, 5.74) is 1.10. The highest BCUT2D eigenvalue weighted by molar-refractivity contribution is 7.10. The Balaban J connectivity index is 1.53. The lowest BCUT2D eigenvalue weighted by atomic mass is 9.78. The molecule has 5 nitrogen and oxygen atoms in total. The van der Waals surface area contributed by atoms with Crippen molar-refractivity contribution in [1.29, 1.82) is 0 Å². The minimum absolute atomic E-state index is 0.158. The summed E-state index contributed by atoms with van der Waals surface area (Å²) >= 11 is 1.86. The Morgan fingerprint density at radius 1 is 1.50 bits per heavy atom. The summed E-state index contributed by atoms with van der Waals surface area (Å²) in [4.78, 5) is 16.8. The van der Waals surface area contributed by atoms with Gasteiger partial charge >= 0.3 is 0 Å². The highest BCUT2D eigenvalue weighted by atomic mass is 32.1. The van der Waals surface area contributed by atoms with Crippen LogP contribution in [-0.4, -0.2) is 56.7 Å². The average molecular weight is 352 g/mol. The van der Waals surface area contributed by atoms with E-state index < -0.39 is 0 Å². The van der Waals surface area contributed by atoms with Crippen molar-refractivity contribution in [3.63, 3.8) is 0 Å². The smallest absolute Gasteiger partial charge is 0.228 e. The number of rotatable bonds is 6. The van der Waals surface area contributed by atoms with Crippen molar-refractivity contribution < 1.29 is 9.53 Å². The zero-order chi connectivity index (χ0) is 17.0. The fraction of sp³-hybridized carbons (Fsp3) is 0.722. The molecule has 0 saturated carbocycles. The van der Waals surface area contributed by atoms with Gasteiger partial charge in [-0.1, -0.05) is 0 Å². The monoisotopic (exact) mass is 351 g/mol. The van der Waals surface area contributed by atoms with Crippen molar-refractivity contribution in [2.24, 2.45) is 5.41 Å². The molecule has 24 heavy (non-hydrogen) atoms. The predicted octanol–water partition coefficient (Wildman–Crippen LogP) is 1.63. The normalized spacial score (nSPS) is 21.9. The van der Waals surface area contributed by atoms with E-state index in [4.69, 9.17) is 4.74 Å². The second kappa shape index (κ2) is 7.95. The molecule has 1 atom stereocenters. The van der Waals surface area contributed by atoms with Crippen molar-refractivity contribution in [1.82, 2.24) is 15.5 Å². The molecule has 1 fully saturated rings. The number of fused-ring (bicyclic) bond motifs is 1. The quantitative estimate of drug-likeness (QED) is 0.818. The average Bonchev–Trinajstić information content (AvgIpc) is 3.08. The molecule has 0 bridgehead atoms. The Labute approximate surface area is 148 Å². The molecule has 3 heterocycles. The van der Waals surface area contributed by atoms with Gasteiger partial charge < -0.3 is 15.4 Å². The first-order valence-corrected chi connectivity index (χ1v) is 9.80. The van der Waals surface area contributed by atoms with Gasteiger partial charge in [-0.25, -0.2) is 0 Å². The summed E-state index contributed by atoms with van der Waals surface area (Å²) in [7, 11) is 1.69. The summed E-state index contributed by atoms with van der Waals surface area (Å²) in [6, 6.07) is 2.59. The first-order valence-electron chi connectivity index (χ1n) is 8.92. The zero-order valence-electron chi connectivity index (χ0n) is 14.8. The third-order valence-electron chi connectivity index (χ3n) is 5.48. The standard InChI is InChI=1S/C18H29N3O2S/c1-14(21-9-3-16-15(12-21)4-10-24-16)11-20-17(22)18(13-23-2)5-7-19-8-6-18/h4,10,14,19H,3,5-9,11-13H2,1-2H3,(H,20,22). The van der Waals surface area contributed by atoms with E-state index in [2.05, 4.69) is 33.9 Å². The number of carbonyl (C=O) groups excluding carboxylic acids is 1. The number of methoxy groups -OCH3 is 1. The SMILES string of the molecule is COCC1(C(=O)NCC(C)N2CCc3sccc3C2)CCNCC1. The lowest BCUT2D eigenvalue weighted by molar-refractivity contribution is -0.136. The van der Waals surface area contributed by atoms with Gasteiger partial charge in [-0.15, -0.1) is 11.3 Å². The van der Waals surface area contributed by atoms with Gasteiger partial charge in [0.1, 0.15) is 0 Å².